The first-order chi connectivity index (χ1) is 14.6. The van der Waals surface area contributed by atoms with E-state index in [0.717, 1.165) is 28.4 Å². The number of hydrogen-bond donors (Lipinski definition) is 1. The largest absolute Gasteiger partial charge is 0.325 e. The molecule has 0 saturated heterocycles. The van der Waals surface area contributed by atoms with Crippen molar-refractivity contribution in [2.45, 2.75) is 18.4 Å². The minimum absolute atomic E-state index is 0.0993. The second-order valence-electron chi connectivity index (χ2n) is 6.79. The fraction of sp³-hybridized carbons (Fsp3) is 0.125. The van der Waals surface area contributed by atoms with E-state index in [1.54, 1.807) is 12.1 Å². The fourth-order valence-electron chi connectivity index (χ4n) is 3.16. The van der Waals surface area contributed by atoms with E-state index < -0.39 is 0 Å². The summed E-state index contributed by atoms with van der Waals surface area (Å²) in [4.78, 5) is 12.4. The Labute approximate surface area is 178 Å². The van der Waals surface area contributed by atoms with Crippen LogP contribution in [-0.4, -0.2) is 21.9 Å². The maximum Gasteiger partial charge on any atom is 0.234 e. The van der Waals surface area contributed by atoms with Crippen molar-refractivity contribution in [2.24, 2.45) is 0 Å². The van der Waals surface area contributed by atoms with Crippen molar-refractivity contribution in [3.05, 3.63) is 84.2 Å². The number of thioether (sulfide) groups is 1. The predicted molar refractivity (Wildman–Crippen MR) is 120 cm³/mol. The van der Waals surface area contributed by atoms with Gasteiger partial charge in [-0.05, 0) is 48.4 Å². The molecular formula is C24H20FN3OS. The summed E-state index contributed by atoms with van der Waals surface area (Å²) in [6.07, 6.45) is 0.962. The zero-order chi connectivity index (χ0) is 20.9. The number of nitrogens with one attached hydrogen (secondary N) is 1. The SMILES string of the molecule is CCc1ccc(NC(=O)CSc2nnc(-c3ccc(F)cc3)c3ccccc23)cc1. The highest BCUT2D eigenvalue weighted by Gasteiger charge is 2.13. The van der Waals surface area contributed by atoms with Crippen LogP contribution in [0.1, 0.15) is 12.5 Å². The Morgan fingerprint density at radius 1 is 0.933 bits per heavy atom. The first-order valence-corrected chi connectivity index (χ1v) is 10.7. The Kier molecular flexibility index (Phi) is 6.05. The smallest absolute Gasteiger partial charge is 0.234 e. The Bertz CT molecular complexity index is 1180. The van der Waals surface area contributed by atoms with Crippen LogP contribution in [0.15, 0.2) is 77.8 Å². The minimum Gasteiger partial charge on any atom is -0.325 e. The molecule has 0 aliphatic carbocycles. The summed E-state index contributed by atoms with van der Waals surface area (Å²) in [6.45, 7) is 2.09. The van der Waals surface area contributed by atoms with E-state index in [0.29, 0.717) is 10.7 Å². The number of amides is 1. The van der Waals surface area contributed by atoms with Crippen molar-refractivity contribution in [3.8, 4) is 11.3 Å². The lowest BCUT2D eigenvalue weighted by Gasteiger charge is -2.10. The number of aromatic nitrogens is 2. The van der Waals surface area contributed by atoms with Crippen LogP contribution in [0.3, 0.4) is 0 Å². The van der Waals surface area contributed by atoms with Crippen molar-refractivity contribution < 1.29 is 9.18 Å². The number of nitrogens with zero attached hydrogens (tertiary/aromatic N) is 2. The summed E-state index contributed by atoms with van der Waals surface area (Å²) in [6, 6.07) is 21.8. The summed E-state index contributed by atoms with van der Waals surface area (Å²) >= 11 is 1.35. The van der Waals surface area contributed by atoms with E-state index in [1.165, 1.54) is 29.5 Å². The molecule has 0 fully saturated rings. The van der Waals surface area contributed by atoms with Gasteiger partial charge in [-0.1, -0.05) is 55.1 Å². The maximum atomic E-state index is 13.3. The van der Waals surface area contributed by atoms with E-state index in [2.05, 4.69) is 22.4 Å². The number of carbonyl (C=O) groups is 1. The number of aryl methyl sites for hydroxylation is 1. The predicted octanol–water partition coefficient (Wildman–Crippen LogP) is 5.73. The summed E-state index contributed by atoms with van der Waals surface area (Å²) < 4.78 is 13.3. The lowest BCUT2D eigenvalue weighted by Crippen LogP contribution is -2.14. The van der Waals surface area contributed by atoms with Crippen LogP contribution in [0, 0.1) is 5.82 Å². The summed E-state index contributed by atoms with van der Waals surface area (Å²) in [7, 11) is 0. The molecule has 0 aliphatic heterocycles. The van der Waals surface area contributed by atoms with Gasteiger partial charge in [-0.3, -0.25) is 4.79 Å². The summed E-state index contributed by atoms with van der Waals surface area (Å²) in [5.41, 5.74) is 3.49. The molecule has 4 aromatic rings. The van der Waals surface area contributed by atoms with Gasteiger partial charge in [0.05, 0.1) is 5.75 Å². The molecule has 0 spiro atoms. The molecule has 1 heterocycles. The Morgan fingerprint density at radius 3 is 2.33 bits per heavy atom. The van der Waals surface area contributed by atoms with Crippen molar-refractivity contribution in [2.75, 3.05) is 11.1 Å². The van der Waals surface area contributed by atoms with Crippen LogP contribution in [0.5, 0.6) is 0 Å². The Balaban J connectivity index is 1.52. The topological polar surface area (TPSA) is 54.9 Å². The van der Waals surface area contributed by atoms with Gasteiger partial charge in [0.25, 0.3) is 0 Å². The maximum absolute atomic E-state index is 13.3. The molecule has 6 heteroatoms. The third kappa shape index (κ3) is 4.49. The monoisotopic (exact) mass is 417 g/mol. The average molecular weight is 418 g/mol. The van der Waals surface area contributed by atoms with Gasteiger partial charge in [0.2, 0.25) is 5.91 Å². The van der Waals surface area contributed by atoms with Gasteiger partial charge in [-0.25, -0.2) is 4.39 Å². The van der Waals surface area contributed by atoms with E-state index in [1.807, 2.05) is 48.5 Å². The molecule has 0 radical (unpaired) electrons. The average Bonchev–Trinajstić information content (AvgIpc) is 2.78. The zero-order valence-corrected chi connectivity index (χ0v) is 17.2. The molecule has 0 saturated carbocycles. The molecule has 30 heavy (non-hydrogen) atoms. The summed E-state index contributed by atoms with van der Waals surface area (Å²) in [5.74, 6) is -0.166. The third-order valence-corrected chi connectivity index (χ3v) is 5.74. The van der Waals surface area contributed by atoms with Gasteiger partial charge in [0, 0.05) is 22.0 Å². The van der Waals surface area contributed by atoms with Gasteiger partial charge < -0.3 is 5.32 Å². The molecule has 1 aromatic heterocycles. The summed E-state index contributed by atoms with van der Waals surface area (Å²) in [5, 5.41) is 14.1. The van der Waals surface area contributed by atoms with Gasteiger partial charge in [0.15, 0.2) is 0 Å². The highest BCUT2D eigenvalue weighted by Crippen LogP contribution is 2.31. The highest BCUT2D eigenvalue weighted by molar-refractivity contribution is 8.00. The van der Waals surface area contributed by atoms with Crippen molar-refractivity contribution in [1.82, 2.24) is 10.2 Å². The van der Waals surface area contributed by atoms with Crippen LogP contribution in [0.2, 0.25) is 0 Å². The third-order valence-electron chi connectivity index (χ3n) is 4.76. The molecule has 0 atom stereocenters. The zero-order valence-electron chi connectivity index (χ0n) is 16.4. The van der Waals surface area contributed by atoms with E-state index in [-0.39, 0.29) is 17.5 Å². The molecule has 4 rings (SSSR count). The molecule has 150 valence electrons. The standard InChI is InChI=1S/C24H20FN3OS/c1-2-16-7-13-19(14-8-16)26-22(29)15-30-24-21-6-4-3-5-20(21)23(27-28-24)17-9-11-18(25)12-10-17/h3-14H,2,15H2,1H3,(H,26,29). The first kappa shape index (κ1) is 20.0. The number of fused-ring (bicyclic) bond motifs is 1. The van der Waals surface area contributed by atoms with E-state index in [9.17, 15) is 9.18 Å². The van der Waals surface area contributed by atoms with Crippen molar-refractivity contribution in [3.63, 3.8) is 0 Å². The molecule has 1 amide bonds. The second kappa shape index (κ2) is 9.05. The van der Waals surface area contributed by atoms with Crippen molar-refractivity contribution >= 4 is 34.1 Å². The van der Waals surface area contributed by atoms with Gasteiger partial charge in [-0.2, -0.15) is 0 Å². The number of halogens is 1. The number of anilines is 1. The van der Waals surface area contributed by atoms with E-state index >= 15 is 0 Å². The van der Waals surface area contributed by atoms with Crippen LogP contribution >= 0.6 is 11.8 Å². The molecule has 0 bridgehead atoms. The Morgan fingerprint density at radius 2 is 1.63 bits per heavy atom. The van der Waals surface area contributed by atoms with E-state index in [4.69, 9.17) is 0 Å². The van der Waals surface area contributed by atoms with Gasteiger partial charge in [-0.15, -0.1) is 10.2 Å². The molecule has 4 nitrogen and oxygen atoms in total. The number of rotatable bonds is 6. The van der Waals surface area contributed by atoms with Crippen LogP contribution in [0.4, 0.5) is 10.1 Å². The molecule has 0 unspecified atom stereocenters. The van der Waals surface area contributed by atoms with Crippen LogP contribution in [-0.2, 0) is 11.2 Å². The lowest BCUT2D eigenvalue weighted by atomic mass is 10.1. The van der Waals surface area contributed by atoms with Crippen molar-refractivity contribution in [1.29, 1.82) is 0 Å². The second-order valence-corrected chi connectivity index (χ2v) is 7.76. The number of benzene rings is 3. The number of carbonyl (C=O) groups excluding carboxylic acids is 1. The van der Waals surface area contributed by atoms with Gasteiger partial charge in [0.1, 0.15) is 16.5 Å². The normalized spacial score (nSPS) is 10.9. The molecule has 3 aromatic carbocycles. The highest BCUT2D eigenvalue weighted by atomic mass is 32.2. The lowest BCUT2D eigenvalue weighted by molar-refractivity contribution is -0.113. The number of hydrogen-bond acceptors (Lipinski definition) is 4. The first-order valence-electron chi connectivity index (χ1n) is 9.67. The quantitative estimate of drug-likeness (QED) is 0.407. The fourth-order valence-corrected chi connectivity index (χ4v) is 3.93. The molecule has 0 aliphatic rings. The molecular weight excluding hydrogens is 397 g/mol. The minimum atomic E-state index is -0.293. The van der Waals surface area contributed by atoms with Crippen LogP contribution in [0.25, 0.3) is 22.0 Å². The van der Waals surface area contributed by atoms with Crippen LogP contribution < -0.4 is 5.32 Å². The Hall–Kier alpha value is -3.25. The van der Waals surface area contributed by atoms with Gasteiger partial charge >= 0.3 is 0 Å². The molecule has 1 N–H and O–H groups in total.